The van der Waals surface area contributed by atoms with Crippen LogP contribution in [0.5, 0.6) is 5.75 Å². The van der Waals surface area contributed by atoms with Crippen LogP contribution >= 0.6 is 12.4 Å². The molecule has 2 aliphatic rings. The van der Waals surface area contributed by atoms with Crippen LogP contribution in [0, 0.1) is 5.92 Å². The number of piperidine rings is 1. The van der Waals surface area contributed by atoms with Gasteiger partial charge in [0, 0.05) is 31.7 Å². The molecular weight excluding hydrogens is 368 g/mol. The molecule has 0 spiro atoms. The maximum Gasteiger partial charge on any atom is 0.322 e. The van der Waals surface area contributed by atoms with E-state index in [4.69, 9.17) is 4.74 Å². The second-order valence-electron chi connectivity index (χ2n) is 6.81. The van der Waals surface area contributed by atoms with Crippen LogP contribution in [-0.4, -0.2) is 63.2 Å². The smallest absolute Gasteiger partial charge is 0.322 e. The minimum absolute atomic E-state index is 0. The number of urea groups is 1. The summed E-state index contributed by atoms with van der Waals surface area (Å²) in [7, 11) is 1.57. The summed E-state index contributed by atoms with van der Waals surface area (Å²) in [5, 5.41) is 6.17. The number of methoxy groups -OCH3 is 1. The molecule has 27 heavy (non-hydrogen) atoms. The van der Waals surface area contributed by atoms with Gasteiger partial charge in [0.15, 0.2) is 0 Å². The monoisotopic (exact) mass is 396 g/mol. The molecule has 2 saturated heterocycles. The number of rotatable bonds is 6. The fourth-order valence-corrected chi connectivity index (χ4v) is 3.61. The first-order chi connectivity index (χ1) is 12.6. The number of carbonyl (C=O) groups excluding carboxylic acids is 2. The Kier molecular flexibility index (Phi) is 7.74. The summed E-state index contributed by atoms with van der Waals surface area (Å²) in [5.74, 6) is 1.26. The summed E-state index contributed by atoms with van der Waals surface area (Å²) in [5.41, 5.74) is 1.25. The molecule has 0 radical (unpaired) electrons. The highest BCUT2D eigenvalue weighted by Crippen LogP contribution is 2.31. The number of benzene rings is 1. The highest BCUT2D eigenvalue weighted by atomic mass is 35.5. The van der Waals surface area contributed by atoms with Crippen LogP contribution in [0.25, 0.3) is 0 Å². The van der Waals surface area contributed by atoms with E-state index in [1.807, 2.05) is 4.90 Å². The quantitative estimate of drug-likeness (QED) is 0.772. The van der Waals surface area contributed by atoms with Crippen molar-refractivity contribution in [3.8, 4) is 5.75 Å². The topological polar surface area (TPSA) is 73.9 Å². The predicted octanol–water partition coefficient (Wildman–Crippen LogP) is 2.11. The van der Waals surface area contributed by atoms with E-state index in [-0.39, 0.29) is 24.3 Å². The van der Waals surface area contributed by atoms with Gasteiger partial charge in [-0.3, -0.25) is 9.69 Å². The van der Waals surface area contributed by atoms with Crippen LogP contribution in [0.15, 0.2) is 18.2 Å². The van der Waals surface area contributed by atoms with Gasteiger partial charge in [-0.2, -0.15) is 0 Å². The van der Waals surface area contributed by atoms with Crippen molar-refractivity contribution in [1.82, 2.24) is 15.5 Å². The summed E-state index contributed by atoms with van der Waals surface area (Å²) in [6, 6.07) is 5.17. The van der Waals surface area contributed by atoms with Gasteiger partial charge in [0.25, 0.3) is 5.91 Å². The average molecular weight is 397 g/mol. The van der Waals surface area contributed by atoms with E-state index in [0.29, 0.717) is 36.0 Å². The lowest BCUT2D eigenvalue weighted by Crippen LogP contribution is -2.40. The molecule has 3 amide bonds. The molecule has 1 aromatic carbocycles. The van der Waals surface area contributed by atoms with Gasteiger partial charge < -0.3 is 20.3 Å². The normalized spacial score (nSPS) is 17.5. The molecule has 8 heteroatoms. The molecule has 0 aliphatic carbocycles. The third kappa shape index (κ3) is 4.84. The molecule has 0 aromatic heterocycles. The van der Waals surface area contributed by atoms with Crippen molar-refractivity contribution in [2.45, 2.75) is 19.8 Å². The van der Waals surface area contributed by atoms with Crippen LogP contribution in [0.2, 0.25) is 0 Å². The molecule has 0 unspecified atom stereocenters. The Morgan fingerprint density at radius 3 is 2.63 bits per heavy atom. The third-order valence-electron chi connectivity index (χ3n) is 5.16. The van der Waals surface area contributed by atoms with Gasteiger partial charge in [-0.1, -0.05) is 6.92 Å². The van der Waals surface area contributed by atoms with Crippen molar-refractivity contribution in [3.63, 3.8) is 0 Å². The van der Waals surface area contributed by atoms with Crippen molar-refractivity contribution in [2.24, 2.45) is 5.92 Å². The van der Waals surface area contributed by atoms with Gasteiger partial charge in [0.2, 0.25) is 0 Å². The van der Waals surface area contributed by atoms with E-state index in [2.05, 4.69) is 17.6 Å². The second kappa shape index (κ2) is 9.80. The molecule has 0 saturated carbocycles. The van der Waals surface area contributed by atoms with Crippen molar-refractivity contribution in [2.75, 3.05) is 51.3 Å². The molecule has 0 bridgehead atoms. The summed E-state index contributed by atoms with van der Waals surface area (Å²) in [4.78, 5) is 28.5. The highest BCUT2D eigenvalue weighted by molar-refractivity contribution is 6.00. The van der Waals surface area contributed by atoms with Gasteiger partial charge in [-0.05, 0) is 50.0 Å². The van der Waals surface area contributed by atoms with Gasteiger partial charge >= 0.3 is 6.03 Å². The minimum Gasteiger partial charge on any atom is -0.495 e. The average Bonchev–Trinajstić information content (AvgIpc) is 3.11. The van der Waals surface area contributed by atoms with Gasteiger partial charge in [0.1, 0.15) is 5.75 Å². The number of hydrogen-bond acceptors (Lipinski definition) is 4. The van der Waals surface area contributed by atoms with Crippen LogP contribution in [-0.2, 0) is 0 Å². The van der Waals surface area contributed by atoms with Gasteiger partial charge in [0.05, 0.1) is 12.8 Å². The van der Waals surface area contributed by atoms with E-state index in [1.165, 1.54) is 0 Å². The number of halogens is 1. The number of amides is 3. The lowest BCUT2D eigenvalue weighted by atomic mass is 9.96. The zero-order valence-electron chi connectivity index (χ0n) is 16.0. The van der Waals surface area contributed by atoms with E-state index in [9.17, 15) is 9.59 Å². The number of hydrogen-bond donors (Lipinski definition) is 2. The largest absolute Gasteiger partial charge is 0.495 e. The lowest BCUT2D eigenvalue weighted by Gasteiger charge is -2.32. The van der Waals surface area contributed by atoms with Crippen molar-refractivity contribution < 1.29 is 14.3 Å². The molecule has 1 aromatic rings. The zero-order valence-corrected chi connectivity index (χ0v) is 16.8. The van der Waals surface area contributed by atoms with E-state index >= 15 is 0 Å². The Bertz CT molecular complexity index is 662. The maximum absolute atomic E-state index is 12.9. The summed E-state index contributed by atoms with van der Waals surface area (Å²) in [6.45, 7) is 6.84. The second-order valence-corrected chi connectivity index (χ2v) is 6.81. The van der Waals surface area contributed by atoms with Crippen LogP contribution in [0.4, 0.5) is 10.5 Å². The number of nitrogens with zero attached hydrogens (tertiary/aromatic N) is 2. The summed E-state index contributed by atoms with van der Waals surface area (Å²) < 4.78 is 5.38. The molecule has 3 rings (SSSR count). The first-order valence-corrected chi connectivity index (χ1v) is 9.37. The number of ether oxygens (including phenoxy) is 1. The summed E-state index contributed by atoms with van der Waals surface area (Å²) in [6.07, 6.45) is 2.05. The first kappa shape index (κ1) is 21.3. The minimum atomic E-state index is -0.155. The number of anilines is 1. The number of likely N-dealkylation sites (tertiary alicyclic amines) is 1. The van der Waals surface area contributed by atoms with Crippen LogP contribution in [0.3, 0.4) is 0 Å². The highest BCUT2D eigenvalue weighted by Gasteiger charge is 2.27. The first-order valence-electron chi connectivity index (χ1n) is 9.37. The molecule has 2 heterocycles. The predicted molar refractivity (Wildman–Crippen MR) is 108 cm³/mol. The SMILES string of the molecule is CCNCC1CCN(C(=O)c2ccc(OC)c(N3CCNC3=O)c2)CC1.Cl. The molecule has 7 nitrogen and oxygen atoms in total. The number of carbonyl (C=O) groups is 2. The van der Waals surface area contributed by atoms with E-state index in [1.54, 1.807) is 30.2 Å². The zero-order chi connectivity index (χ0) is 18.5. The van der Waals surface area contributed by atoms with E-state index < -0.39 is 0 Å². The Morgan fingerprint density at radius 1 is 1.30 bits per heavy atom. The van der Waals surface area contributed by atoms with Gasteiger partial charge in [-0.15, -0.1) is 12.4 Å². The number of nitrogens with one attached hydrogen (secondary N) is 2. The Balaban J connectivity index is 0.00000261. The van der Waals surface area contributed by atoms with E-state index in [0.717, 1.165) is 39.0 Å². The Labute approximate surface area is 166 Å². The van der Waals surface area contributed by atoms with Crippen molar-refractivity contribution in [3.05, 3.63) is 23.8 Å². The van der Waals surface area contributed by atoms with Crippen LogP contribution in [0.1, 0.15) is 30.1 Å². The lowest BCUT2D eigenvalue weighted by molar-refractivity contribution is 0.0690. The van der Waals surface area contributed by atoms with Crippen LogP contribution < -0.4 is 20.3 Å². The fourth-order valence-electron chi connectivity index (χ4n) is 3.61. The van der Waals surface area contributed by atoms with Gasteiger partial charge in [-0.25, -0.2) is 4.79 Å². The molecule has 2 N–H and O–H groups in total. The molecule has 0 atom stereocenters. The van der Waals surface area contributed by atoms with Crippen molar-refractivity contribution in [1.29, 1.82) is 0 Å². The molecule has 2 fully saturated rings. The fraction of sp³-hybridized carbons (Fsp3) is 0.579. The third-order valence-corrected chi connectivity index (χ3v) is 5.16. The van der Waals surface area contributed by atoms with Crippen molar-refractivity contribution >= 4 is 30.0 Å². The standard InChI is InChI=1S/C19H28N4O3.ClH/c1-3-20-13-14-6-9-22(10-7-14)18(24)15-4-5-17(26-2)16(12-15)23-11-8-21-19(23)25;/h4-5,12,14,20H,3,6-11,13H2,1-2H3,(H,21,25);1H. The molecule has 2 aliphatic heterocycles. The molecular formula is C19H29ClN4O3. The Hall–Kier alpha value is -1.99. The maximum atomic E-state index is 12.9. The summed E-state index contributed by atoms with van der Waals surface area (Å²) >= 11 is 0. The Morgan fingerprint density at radius 2 is 2.04 bits per heavy atom. The molecule has 150 valence electrons.